The van der Waals surface area contributed by atoms with Gasteiger partial charge in [-0.3, -0.25) is 9.59 Å². The fourth-order valence-corrected chi connectivity index (χ4v) is 4.41. The number of carbonyl (C=O) groups is 2. The fourth-order valence-electron chi connectivity index (χ4n) is 3.48. The molecule has 1 aliphatic heterocycles. The molecule has 1 aliphatic rings. The van der Waals surface area contributed by atoms with Crippen molar-refractivity contribution in [1.29, 1.82) is 0 Å². The van der Waals surface area contributed by atoms with E-state index >= 15 is 0 Å². The van der Waals surface area contributed by atoms with Crippen LogP contribution < -0.4 is 15.0 Å². The van der Waals surface area contributed by atoms with Gasteiger partial charge in [0, 0.05) is 4.90 Å². The summed E-state index contributed by atoms with van der Waals surface area (Å²) in [4.78, 5) is 28.4. The zero-order chi connectivity index (χ0) is 25.2. The van der Waals surface area contributed by atoms with Crippen LogP contribution in [0.3, 0.4) is 0 Å². The average molecular weight is 499 g/mol. The second-order valence-corrected chi connectivity index (χ2v) is 8.75. The lowest BCUT2D eigenvalue weighted by Crippen LogP contribution is -2.32. The predicted octanol–water partition coefficient (Wildman–Crippen LogP) is 6.40. The molecule has 0 atom stereocenters. The molecule has 4 rings (SSSR count). The van der Waals surface area contributed by atoms with E-state index in [2.05, 4.69) is 5.32 Å². The molecule has 0 saturated heterocycles. The Labute approximate surface area is 204 Å². The van der Waals surface area contributed by atoms with Gasteiger partial charge in [0.25, 0.3) is 11.8 Å². The van der Waals surface area contributed by atoms with Crippen molar-refractivity contribution in [3.05, 3.63) is 94.5 Å². The van der Waals surface area contributed by atoms with Gasteiger partial charge in [-0.1, -0.05) is 47.7 Å². The van der Waals surface area contributed by atoms with E-state index in [1.807, 2.05) is 38.1 Å². The first kappa shape index (κ1) is 24.4. The van der Waals surface area contributed by atoms with E-state index < -0.39 is 23.6 Å². The summed E-state index contributed by atoms with van der Waals surface area (Å²) in [6, 6.07) is 18.4. The molecule has 1 heterocycles. The lowest BCUT2D eigenvalue weighted by Gasteiger charge is -2.17. The van der Waals surface area contributed by atoms with Crippen LogP contribution in [0.1, 0.15) is 18.1 Å². The zero-order valence-corrected chi connectivity index (χ0v) is 19.7. The first-order valence-corrected chi connectivity index (χ1v) is 11.5. The summed E-state index contributed by atoms with van der Waals surface area (Å²) >= 11 is 1.07. The third-order valence-electron chi connectivity index (χ3n) is 5.16. The van der Waals surface area contributed by atoms with Gasteiger partial charge in [0.05, 0.1) is 23.5 Å². The smallest absolute Gasteiger partial charge is 0.416 e. The molecular formula is C26H21F3N2O3S. The topological polar surface area (TPSA) is 58.6 Å². The summed E-state index contributed by atoms with van der Waals surface area (Å²) in [7, 11) is 0. The van der Waals surface area contributed by atoms with Gasteiger partial charge < -0.3 is 10.1 Å². The molecule has 3 aromatic carbocycles. The standard InChI is InChI=1S/C26H21F3N2O3S/c1-3-34-21-10-5-4-9-20(21)30-22-23(35-19-13-11-16(2)12-14-19)25(33)31(24(22)32)18-8-6-7-17(15-18)26(27,28)29/h4-15,30H,3H2,1-2H3. The van der Waals surface area contributed by atoms with E-state index in [9.17, 15) is 22.8 Å². The number of hydrogen-bond donors (Lipinski definition) is 1. The van der Waals surface area contributed by atoms with Gasteiger partial charge in [-0.25, -0.2) is 4.90 Å². The highest BCUT2D eigenvalue weighted by Crippen LogP contribution is 2.40. The Kier molecular flexibility index (Phi) is 6.88. The molecule has 0 aromatic heterocycles. The molecule has 0 bridgehead atoms. The van der Waals surface area contributed by atoms with Gasteiger partial charge in [-0.2, -0.15) is 13.2 Å². The largest absolute Gasteiger partial charge is 0.492 e. The number of alkyl halides is 3. The Morgan fingerprint density at radius 2 is 1.66 bits per heavy atom. The van der Waals surface area contributed by atoms with Crippen LogP contribution in [0.25, 0.3) is 0 Å². The number of para-hydroxylation sites is 2. The molecule has 1 N–H and O–H groups in total. The number of ether oxygens (including phenoxy) is 1. The highest BCUT2D eigenvalue weighted by molar-refractivity contribution is 8.04. The number of imide groups is 1. The molecule has 3 aromatic rings. The van der Waals surface area contributed by atoms with Gasteiger partial charge in [0.1, 0.15) is 16.4 Å². The van der Waals surface area contributed by atoms with Crippen molar-refractivity contribution >= 4 is 35.0 Å². The minimum absolute atomic E-state index is 0.0369. The van der Waals surface area contributed by atoms with Crippen LogP contribution in [0.15, 0.2) is 88.3 Å². The Hall–Kier alpha value is -3.72. The van der Waals surface area contributed by atoms with E-state index in [1.54, 1.807) is 24.3 Å². The molecule has 2 amide bonds. The normalized spacial score (nSPS) is 14.0. The highest BCUT2D eigenvalue weighted by atomic mass is 32.2. The van der Waals surface area contributed by atoms with Crippen LogP contribution in [0.2, 0.25) is 0 Å². The van der Waals surface area contributed by atoms with Crippen molar-refractivity contribution in [1.82, 2.24) is 0 Å². The van der Waals surface area contributed by atoms with Crippen molar-refractivity contribution < 1.29 is 27.5 Å². The molecule has 5 nitrogen and oxygen atoms in total. The molecule has 35 heavy (non-hydrogen) atoms. The summed E-state index contributed by atoms with van der Waals surface area (Å²) in [6.07, 6.45) is -4.62. The number of amides is 2. The Morgan fingerprint density at radius 3 is 2.34 bits per heavy atom. The number of rotatable bonds is 7. The van der Waals surface area contributed by atoms with Crippen LogP contribution in [-0.2, 0) is 15.8 Å². The number of carbonyl (C=O) groups excluding carboxylic acids is 2. The summed E-state index contributed by atoms with van der Waals surface area (Å²) in [6.45, 7) is 4.12. The zero-order valence-electron chi connectivity index (χ0n) is 18.8. The third-order valence-corrected chi connectivity index (χ3v) is 6.25. The minimum Gasteiger partial charge on any atom is -0.492 e. The first-order valence-electron chi connectivity index (χ1n) is 10.7. The van der Waals surface area contributed by atoms with Crippen LogP contribution in [-0.4, -0.2) is 18.4 Å². The predicted molar refractivity (Wildman–Crippen MR) is 129 cm³/mol. The maximum Gasteiger partial charge on any atom is 0.416 e. The SMILES string of the molecule is CCOc1ccccc1NC1=C(Sc2ccc(C)cc2)C(=O)N(c2cccc(C(F)(F)F)c2)C1=O. The summed E-state index contributed by atoms with van der Waals surface area (Å²) < 4.78 is 45.5. The molecule has 0 saturated carbocycles. The number of hydrogen-bond acceptors (Lipinski definition) is 5. The number of thioether (sulfide) groups is 1. The Bertz CT molecular complexity index is 1300. The first-order chi connectivity index (χ1) is 16.7. The number of halogens is 3. The second kappa shape index (κ2) is 9.87. The van der Waals surface area contributed by atoms with Crippen molar-refractivity contribution in [3.8, 4) is 5.75 Å². The molecule has 0 unspecified atom stereocenters. The monoisotopic (exact) mass is 498 g/mol. The fraction of sp³-hybridized carbons (Fsp3) is 0.154. The number of nitrogens with one attached hydrogen (secondary N) is 1. The lowest BCUT2D eigenvalue weighted by molar-refractivity contribution is -0.137. The van der Waals surface area contributed by atoms with Crippen LogP contribution >= 0.6 is 11.8 Å². The van der Waals surface area contributed by atoms with Gasteiger partial charge in [-0.05, 0) is 56.3 Å². The van der Waals surface area contributed by atoms with Crippen molar-refractivity contribution in [3.63, 3.8) is 0 Å². The highest BCUT2D eigenvalue weighted by Gasteiger charge is 2.41. The van der Waals surface area contributed by atoms with E-state index in [-0.39, 0.29) is 16.3 Å². The molecule has 0 aliphatic carbocycles. The van der Waals surface area contributed by atoms with E-state index in [4.69, 9.17) is 4.74 Å². The van der Waals surface area contributed by atoms with Crippen molar-refractivity contribution in [2.75, 3.05) is 16.8 Å². The maximum atomic E-state index is 13.5. The molecule has 0 radical (unpaired) electrons. The van der Waals surface area contributed by atoms with E-state index in [0.717, 1.165) is 34.4 Å². The maximum absolute atomic E-state index is 13.5. The van der Waals surface area contributed by atoms with E-state index in [0.29, 0.717) is 22.9 Å². The molecule has 0 fully saturated rings. The number of benzene rings is 3. The van der Waals surface area contributed by atoms with Crippen LogP contribution in [0, 0.1) is 6.92 Å². The molecule has 180 valence electrons. The Balaban J connectivity index is 1.77. The molecule has 0 spiro atoms. The quantitative estimate of drug-likeness (QED) is 0.382. The summed E-state index contributed by atoms with van der Waals surface area (Å²) in [5.41, 5.74) is 0.327. The van der Waals surface area contributed by atoms with Gasteiger partial charge >= 0.3 is 6.18 Å². The van der Waals surface area contributed by atoms with Crippen molar-refractivity contribution in [2.24, 2.45) is 0 Å². The molecular weight excluding hydrogens is 477 g/mol. The van der Waals surface area contributed by atoms with Gasteiger partial charge in [0.2, 0.25) is 0 Å². The lowest BCUT2D eigenvalue weighted by atomic mass is 10.2. The second-order valence-electron chi connectivity index (χ2n) is 7.67. The van der Waals surface area contributed by atoms with Crippen molar-refractivity contribution in [2.45, 2.75) is 24.9 Å². The van der Waals surface area contributed by atoms with Crippen LogP contribution in [0.4, 0.5) is 24.5 Å². The van der Waals surface area contributed by atoms with Crippen LogP contribution in [0.5, 0.6) is 5.75 Å². The molecule has 9 heteroatoms. The number of aryl methyl sites for hydroxylation is 1. The average Bonchev–Trinajstić information content (AvgIpc) is 3.05. The van der Waals surface area contributed by atoms with Gasteiger partial charge in [0.15, 0.2) is 0 Å². The van der Waals surface area contributed by atoms with Gasteiger partial charge in [-0.15, -0.1) is 0 Å². The minimum atomic E-state index is -4.62. The van der Waals surface area contributed by atoms with E-state index in [1.165, 1.54) is 12.1 Å². The number of anilines is 2. The Morgan fingerprint density at radius 1 is 0.943 bits per heavy atom. The third kappa shape index (κ3) is 5.19. The number of nitrogens with zero attached hydrogens (tertiary/aromatic N) is 1. The summed E-state index contributed by atoms with van der Waals surface area (Å²) in [5, 5.41) is 3.00. The summed E-state index contributed by atoms with van der Waals surface area (Å²) in [5.74, 6) is -0.994.